The third-order valence-electron chi connectivity index (χ3n) is 2.11. The molecule has 6 heteroatoms. The molecule has 0 saturated carbocycles. The summed E-state index contributed by atoms with van der Waals surface area (Å²) in [5.74, 6) is -0.848. The Bertz CT molecular complexity index is 549. The molecule has 0 amide bonds. The molecule has 2 aromatic rings. The maximum atomic E-state index is 13.0. The lowest BCUT2D eigenvalue weighted by atomic mass is 10.3. The molecule has 1 aromatic heterocycles. The Morgan fingerprint density at radius 1 is 1.17 bits per heavy atom. The van der Waals surface area contributed by atoms with E-state index in [-0.39, 0.29) is 11.6 Å². The number of hydrogen-bond donors (Lipinski definition) is 1. The highest BCUT2D eigenvalue weighted by atomic mass is 19.2. The van der Waals surface area contributed by atoms with E-state index >= 15 is 0 Å². The first-order valence-electron chi connectivity index (χ1n) is 5.38. The Balaban J connectivity index is 2.17. The maximum absolute atomic E-state index is 13.0. The second-order valence-corrected chi connectivity index (χ2v) is 3.45. The lowest BCUT2D eigenvalue weighted by Gasteiger charge is -2.06. The number of aromatic nitrogens is 2. The predicted molar refractivity (Wildman–Crippen MR) is 62.6 cm³/mol. The zero-order chi connectivity index (χ0) is 13.0. The van der Waals surface area contributed by atoms with E-state index < -0.39 is 11.6 Å². The highest BCUT2D eigenvalue weighted by Crippen LogP contribution is 2.22. The van der Waals surface area contributed by atoms with E-state index in [1.54, 1.807) is 6.07 Å². The van der Waals surface area contributed by atoms with Crippen LogP contribution in [0.3, 0.4) is 0 Å². The summed E-state index contributed by atoms with van der Waals surface area (Å²) in [6, 6.07) is 4.86. The zero-order valence-corrected chi connectivity index (χ0v) is 9.65. The van der Waals surface area contributed by atoms with Crippen molar-refractivity contribution in [3.8, 4) is 11.6 Å². The van der Waals surface area contributed by atoms with Gasteiger partial charge in [-0.1, -0.05) is 0 Å². The van der Waals surface area contributed by atoms with E-state index in [0.29, 0.717) is 12.4 Å². The number of halogens is 2. The van der Waals surface area contributed by atoms with Crippen LogP contribution in [0.2, 0.25) is 0 Å². The second kappa shape index (κ2) is 5.39. The first-order chi connectivity index (χ1) is 8.69. The fourth-order valence-electron chi connectivity index (χ4n) is 1.33. The minimum atomic E-state index is -0.964. The molecule has 0 unspecified atom stereocenters. The van der Waals surface area contributed by atoms with Crippen molar-refractivity contribution in [2.45, 2.75) is 6.92 Å². The molecule has 0 radical (unpaired) electrons. The summed E-state index contributed by atoms with van der Waals surface area (Å²) >= 11 is 0. The average molecular weight is 251 g/mol. The Morgan fingerprint density at radius 3 is 2.72 bits per heavy atom. The fourth-order valence-corrected chi connectivity index (χ4v) is 1.33. The normalized spacial score (nSPS) is 10.2. The van der Waals surface area contributed by atoms with Gasteiger partial charge >= 0.3 is 0 Å². The third kappa shape index (κ3) is 2.91. The van der Waals surface area contributed by atoms with Gasteiger partial charge in [0.05, 0.1) is 0 Å². The molecule has 0 spiro atoms. The molecule has 1 N–H and O–H groups in total. The summed E-state index contributed by atoms with van der Waals surface area (Å²) in [5.41, 5.74) is 0. The largest absolute Gasteiger partial charge is 0.439 e. The van der Waals surface area contributed by atoms with Crippen LogP contribution in [0.4, 0.5) is 14.6 Å². The van der Waals surface area contributed by atoms with Crippen LogP contribution in [0.25, 0.3) is 0 Å². The van der Waals surface area contributed by atoms with Gasteiger partial charge < -0.3 is 10.1 Å². The summed E-state index contributed by atoms with van der Waals surface area (Å²) in [7, 11) is 0. The minimum Gasteiger partial charge on any atom is -0.439 e. The molecule has 0 atom stereocenters. The summed E-state index contributed by atoms with van der Waals surface area (Å²) < 4.78 is 31.0. The first kappa shape index (κ1) is 12.2. The smallest absolute Gasteiger partial charge is 0.224 e. The van der Waals surface area contributed by atoms with E-state index in [1.165, 1.54) is 12.4 Å². The summed E-state index contributed by atoms with van der Waals surface area (Å²) in [6.07, 6.45) is 1.33. The van der Waals surface area contributed by atoms with Crippen LogP contribution < -0.4 is 10.1 Å². The van der Waals surface area contributed by atoms with Gasteiger partial charge in [-0.15, -0.1) is 0 Å². The first-order valence-corrected chi connectivity index (χ1v) is 5.38. The predicted octanol–water partition coefficient (Wildman–Crippen LogP) is 2.98. The number of benzene rings is 1. The molecule has 1 heterocycles. The van der Waals surface area contributed by atoms with Crippen LogP contribution in [0, 0.1) is 11.6 Å². The van der Waals surface area contributed by atoms with Gasteiger partial charge in [-0.25, -0.2) is 18.7 Å². The second-order valence-electron chi connectivity index (χ2n) is 3.45. The van der Waals surface area contributed by atoms with Crippen LogP contribution >= 0.6 is 0 Å². The summed E-state index contributed by atoms with van der Waals surface area (Å²) in [6.45, 7) is 2.64. The quantitative estimate of drug-likeness (QED) is 0.907. The van der Waals surface area contributed by atoms with E-state index in [0.717, 1.165) is 12.1 Å². The third-order valence-corrected chi connectivity index (χ3v) is 2.11. The molecule has 0 fully saturated rings. The molecule has 2 rings (SSSR count). The van der Waals surface area contributed by atoms with Gasteiger partial charge in [-0.2, -0.15) is 0 Å². The number of rotatable bonds is 4. The van der Waals surface area contributed by atoms with Gasteiger partial charge in [0.15, 0.2) is 11.6 Å². The van der Waals surface area contributed by atoms with Gasteiger partial charge in [-0.3, -0.25) is 0 Å². The highest BCUT2D eigenvalue weighted by Gasteiger charge is 2.05. The Morgan fingerprint density at radius 2 is 2.00 bits per heavy atom. The Labute approximate surface area is 103 Å². The average Bonchev–Trinajstić information content (AvgIpc) is 2.35. The summed E-state index contributed by atoms with van der Waals surface area (Å²) in [5, 5.41) is 2.99. The van der Waals surface area contributed by atoms with Crippen molar-refractivity contribution >= 4 is 5.82 Å². The van der Waals surface area contributed by atoms with Crippen molar-refractivity contribution in [3.05, 3.63) is 42.2 Å². The number of nitrogens with zero attached hydrogens (tertiary/aromatic N) is 2. The SMILES string of the molecule is CCNc1cc(Oc2ccc(F)c(F)c2)ncn1. The Hall–Kier alpha value is -2.24. The lowest BCUT2D eigenvalue weighted by molar-refractivity contribution is 0.447. The van der Waals surface area contributed by atoms with Gasteiger partial charge in [0, 0.05) is 18.7 Å². The van der Waals surface area contributed by atoms with E-state index in [4.69, 9.17) is 4.74 Å². The molecule has 0 bridgehead atoms. The van der Waals surface area contributed by atoms with Crippen molar-refractivity contribution in [1.82, 2.24) is 9.97 Å². The van der Waals surface area contributed by atoms with Crippen LogP contribution in [0.15, 0.2) is 30.6 Å². The van der Waals surface area contributed by atoms with Gasteiger partial charge in [0.2, 0.25) is 5.88 Å². The number of hydrogen-bond acceptors (Lipinski definition) is 4. The molecule has 0 aliphatic rings. The van der Waals surface area contributed by atoms with Crippen LogP contribution in [0.5, 0.6) is 11.6 Å². The maximum Gasteiger partial charge on any atom is 0.224 e. The molecular formula is C12H11F2N3O. The van der Waals surface area contributed by atoms with Crippen molar-refractivity contribution in [2.75, 3.05) is 11.9 Å². The number of nitrogens with one attached hydrogen (secondary N) is 1. The molecule has 18 heavy (non-hydrogen) atoms. The molecule has 0 aliphatic carbocycles. The van der Waals surface area contributed by atoms with Gasteiger partial charge in [0.25, 0.3) is 0 Å². The standard InChI is InChI=1S/C12H11F2N3O/c1-2-15-11-6-12(17-7-16-11)18-8-3-4-9(13)10(14)5-8/h3-7H,2H2,1H3,(H,15,16,17). The number of anilines is 1. The van der Waals surface area contributed by atoms with Crippen molar-refractivity contribution in [1.29, 1.82) is 0 Å². The molecule has 0 saturated heterocycles. The Kier molecular flexibility index (Phi) is 3.66. The van der Waals surface area contributed by atoms with Crippen molar-refractivity contribution < 1.29 is 13.5 Å². The van der Waals surface area contributed by atoms with Crippen molar-refractivity contribution in [3.63, 3.8) is 0 Å². The fraction of sp³-hybridized carbons (Fsp3) is 0.167. The van der Waals surface area contributed by atoms with Crippen LogP contribution in [-0.2, 0) is 0 Å². The van der Waals surface area contributed by atoms with Gasteiger partial charge in [0.1, 0.15) is 17.9 Å². The molecular weight excluding hydrogens is 240 g/mol. The number of ether oxygens (including phenoxy) is 1. The van der Waals surface area contributed by atoms with E-state index in [9.17, 15) is 8.78 Å². The van der Waals surface area contributed by atoms with Crippen molar-refractivity contribution in [2.24, 2.45) is 0 Å². The highest BCUT2D eigenvalue weighted by molar-refractivity contribution is 5.38. The molecule has 4 nitrogen and oxygen atoms in total. The molecule has 0 aliphatic heterocycles. The molecule has 94 valence electrons. The van der Waals surface area contributed by atoms with E-state index in [1.807, 2.05) is 6.92 Å². The topological polar surface area (TPSA) is 47.0 Å². The monoisotopic (exact) mass is 251 g/mol. The van der Waals surface area contributed by atoms with E-state index in [2.05, 4.69) is 15.3 Å². The lowest BCUT2D eigenvalue weighted by Crippen LogP contribution is -2.00. The minimum absolute atomic E-state index is 0.176. The zero-order valence-electron chi connectivity index (χ0n) is 9.65. The molecule has 1 aromatic carbocycles. The van der Waals surface area contributed by atoms with Gasteiger partial charge in [-0.05, 0) is 19.1 Å². The summed E-state index contributed by atoms with van der Waals surface area (Å²) in [4.78, 5) is 7.85. The van der Waals surface area contributed by atoms with Crippen LogP contribution in [-0.4, -0.2) is 16.5 Å². The van der Waals surface area contributed by atoms with Crippen LogP contribution in [0.1, 0.15) is 6.92 Å².